The quantitative estimate of drug-likeness (QED) is 0.389. The second-order valence-corrected chi connectivity index (χ2v) is 10.7. The van der Waals surface area contributed by atoms with Gasteiger partial charge in [-0.3, -0.25) is 0 Å². The van der Waals surface area contributed by atoms with Crippen molar-refractivity contribution < 1.29 is 20.5 Å². The number of benzene rings is 2. The molecular formula is C19H16Cl2Hf. The second-order valence-electron chi connectivity index (χ2n) is 5.49. The number of rotatable bonds is 2. The average molecular weight is 494 g/mol. The molecule has 0 unspecified atom stereocenters. The fourth-order valence-electron chi connectivity index (χ4n) is 3.28. The summed E-state index contributed by atoms with van der Waals surface area (Å²) in [5.41, 5.74) is 7.39. The zero-order chi connectivity index (χ0) is 15.4. The molecule has 0 bridgehead atoms. The van der Waals surface area contributed by atoms with E-state index in [-0.39, 0.29) is 0 Å². The molecule has 22 heavy (non-hydrogen) atoms. The number of hydrogen-bond donors (Lipinski definition) is 0. The SMILES string of the molecule is C1=CC(Cc2cccc3c2Cc2ccccc2-3)C=C1.[Cl][Hf][Cl]. The summed E-state index contributed by atoms with van der Waals surface area (Å²) in [5.74, 6) is 0.579. The Bertz CT molecular complexity index is 707. The van der Waals surface area contributed by atoms with Crippen LogP contribution in [-0.4, -0.2) is 0 Å². The fraction of sp³-hybridized carbons (Fsp3) is 0.158. The van der Waals surface area contributed by atoms with Crippen molar-refractivity contribution in [3.8, 4) is 11.1 Å². The summed E-state index contributed by atoms with van der Waals surface area (Å²) in [6.07, 6.45) is 11.1. The first-order valence-electron chi connectivity index (χ1n) is 7.33. The molecule has 0 heterocycles. The molecule has 4 rings (SSSR count). The molecule has 0 N–H and O–H groups in total. The van der Waals surface area contributed by atoms with Crippen LogP contribution in [0.1, 0.15) is 16.7 Å². The van der Waals surface area contributed by atoms with E-state index in [0.29, 0.717) is 5.92 Å². The van der Waals surface area contributed by atoms with Gasteiger partial charge in [0, 0.05) is 0 Å². The number of halogens is 2. The average Bonchev–Trinajstić information content (AvgIpc) is 3.16. The Morgan fingerprint density at radius 2 is 1.59 bits per heavy atom. The van der Waals surface area contributed by atoms with Gasteiger partial charge in [-0.15, -0.1) is 0 Å². The van der Waals surface area contributed by atoms with Crippen LogP contribution in [0.2, 0.25) is 0 Å². The van der Waals surface area contributed by atoms with Gasteiger partial charge < -0.3 is 0 Å². The van der Waals surface area contributed by atoms with Crippen LogP contribution in [0.3, 0.4) is 0 Å². The van der Waals surface area contributed by atoms with Gasteiger partial charge in [0.2, 0.25) is 0 Å². The van der Waals surface area contributed by atoms with E-state index in [9.17, 15) is 0 Å². The van der Waals surface area contributed by atoms with Gasteiger partial charge in [0.05, 0.1) is 0 Å². The third kappa shape index (κ3) is 3.48. The Morgan fingerprint density at radius 3 is 2.36 bits per heavy atom. The Labute approximate surface area is 150 Å². The van der Waals surface area contributed by atoms with E-state index < -0.39 is 20.5 Å². The molecule has 0 saturated carbocycles. The van der Waals surface area contributed by atoms with Crippen LogP contribution in [0.25, 0.3) is 11.1 Å². The molecule has 2 aliphatic carbocycles. The number of fused-ring (bicyclic) bond motifs is 3. The predicted molar refractivity (Wildman–Crippen MR) is 91.9 cm³/mol. The standard InChI is InChI=1S/C19H16.2ClH.Hf/c1-2-7-14(6-1)12-15-9-5-11-18-17-10-4-3-8-16(17)13-19(15)18;;;/h1-11,14H,12-13H2;2*1H;/q;;;+2/p-2. The van der Waals surface area contributed by atoms with Crippen LogP contribution in [-0.2, 0) is 33.4 Å². The monoisotopic (exact) mass is 494 g/mol. The maximum absolute atomic E-state index is 4.96. The molecule has 0 fully saturated rings. The zero-order valence-electron chi connectivity index (χ0n) is 12.1. The third-order valence-electron chi connectivity index (χ3n) is 4.23. The minimum atomic E-state index is -0.972. The molecule has 2 aromatic rings. The van der Waals surface area contributed by atoms with Gasteiger partial charge in [-0.05, 0) is 46.6 Å². The van der Waals surface area contributed by atoms with Crippen LogP contribution in [0, 0.1) is 5.92 Å². The predicted octanol–water partition coefficient (Wildman–Crippen LogP) is 5.92. The van der Waals surface area contributed by atoms with Crippen molar-refractivity contribution in [2.24, 2.45) is 5.92 Å². The molecule has 0 aliphatic heterocycles. The van der Waals surface area contributed by atoms with Crippen molar-refractivity contribution in [1.82, 2.24) is 0 Å². The summed E-state index contributed by atoms with van der Waals surface area (Å²) in [4.78, 5) is 0. The van der Waals surface area contributed by atoms with Crippen molar-refractivity contribution in [1.29, 1.82) is 0 Å². The summed E-state index contributed by atoms with van der Waals surface area (Å²) < 4.78 is 0. The number of hydrogen-bond acceptors (Lipinski definition) is 0. The van der Waals surface area contributed by atoms with Crippen LogP contribution in [0.5, 0.6) is 0 Å². The van der Waals surface area contributed by atoms with Crippen LogP contribution in [0.4, 0.5) is 0 Å². The third-order valence-corrected chi connectivity index (χ3v) is 4.23. The number of allylic oxidation sites excluding steroid dienone is 4. The van der Waals surface area contributed by atoms with Crippen molar-refractivity contribution >= 4 is 17.2 Å². The van der Waals surface area contributed by atoms with Gasteiger partial charge in [0.25, 0.3) is 0 Å². The molecule has 0 amide bonds. The van der Waals surface area contributed by atoms with E-state index >= 15 is 0 Å². The fourth-order valence-corrected chi connectivity index (χ4v) is 3.28. The molecule has 0 atom stereocenters. The Morgan fingerprint density at radius 1 is 0.909 bits per heavy atom. The van der Waals surface area contributed by atoms with Crippen molar-refractivity contribution in [3.63, 3.8) is 0 Å². The summed E-state index contributed by atoms with van der Waals surface area (Å²) in [7, 11) is 9.92. The second kappa shape index (κ2) is 7.77. The van der Waals surface area contributed by atoms with Crippen LogP contribution in [0.15, 0.2) is 66.8 Å². The topological polar surface area (TPSA) is 0 Å². The first kappa shape index (κ1) is 16.2. The molecule has 110 valence electrons. The van der Waals surface area contributed by atoms with Gasteiger partial charge in [-0.1, -0.05) is 66.8 Å². The summed E-state index contributed by atoms with van der Waals surface area (Å²) in [5, 5.41) is 0. The molecule has 0 spiro atoms. The van der Waals surface area contributed by atoms with Crippen LogP contribution < -0.4 is 0 Å². The summed E-state index contributed by atoms with van der Waals surface area (Å²) >= 11 is -0.972. The Balaban J connectivity index is 0.000000446. The van der Waals surface area contributed by atoms with Crippen molar-refractivity contribution in [2.75, 3.05) is 0 Å². The molecule has 3 heteroatoms. The van der Waals surface area contributed by atoms with E-state index in [1.165, 1.54) is 27.8 Å². The molecule has 0 radical (unpaired) electrons. The van der Waals surface area contributed by atoms with Gasteiger partial charge in [0.1, 0.15) is 0 Å². The van der Waals surface area contributed by atoms with E-state index in [2.05, 4.69) is 66.8 Å². The molecule has 2 aliphatic rings. The summed E-state index contributed by atoms with van der Waals surface area (Å²) in [6.45, 7) is 0. The zero-order valence-corrected chi connectivity index (χ0v) is 17.2. The maximum atomic E-state index is 4.96. The van der Waals surface area contributed by atoms with Crippen molar-refractivity contribution in [2.45, 2.75) is 12.8 Å². The molecule has 0 nitrogen and oxygen atoms in total. The first-order valence-corrected chi connectivity index (χ1v) is 16.2. The molecular weight excluding hydrogens is 478 g/mol. The molecule has 0 aromatic heterocycles. The summed E-state index contributed by atoms with van der Waals surface area (Å²) in [6, 6.07) is 15.6. The normalized spacial score (nSPS) is 14.3. The Hall–Kier alpha value is -0.630. The molecule has 2 aromatic carbocycles. The van der Waals surface area contributed by atoms with E-state index in [1.807, 2.05) is 0 Å². The molecule has 0 saturated heterocycles. The van der Waals surface area contributed by atoms with Gasteiger partial charge >= 0.3 is 37.7 Å². The first-order chi connectivity index (χ1) is 10.8. The van der Waals surface area contributed by atoms with Crippen LogP contribution >= 0.6 is 17.2 Å². The van der Waals surface area contributed by atoms with E-state index in [1.54, 1.807) is 0 Å². The minimum absolute atomic E-state index is 0.579. The van der Waals surface area contributed by atoms with Gasteiger partial charge in [-0.25, -0.2) is 0 Å². The van der Waals surface area contributed by atoms with E-state index in [4.69, 9.17) is 17.2 Å². The van der Waals surface area contributed by atoms with E-state index in [0.717, 1.165) is 12.8 Å². The van der Waals surface area contributed by atoms with Gasteiger partial charge in [0.15, 0.2) is 0 Å². The Kier molecular flexibility index (Phi) is 5.73. The van der Waals surface area contributed by atoms with Gasteiger partial charge in [-0.2, -0.15) is 0 Å². The van der Waals surface area contributed by atoms with Crippen molar-refractivity contribution in [3.05, 3.63) is 83.5 Å².